The van der Waals surface area contributed by atoms with Crippen LogP contribution in [0.3, 0.4) is 0 Å². The zero-order chi connectivity index (χ0) is 14.7. The second kappa shape index (κ2) is 6.32. The Kier molecular flexibility index (Phi) is 5.52. The molecule has 108 valence electrons. The minimum absolute atomic E-state index is 0.120. The molecule has 0 bridgehead atoms. The Bertz CT molecular complexity index is 545. The molecule has 0 aliphatic rings. The summed E-state index contributed by atoms with van der Waals surface area (Å²) >= 11 is 3.06. The van der Waals surface area contributed by atoms with Crippen LogP contribution in [0.2, 0.25) is 0 Å². The highest BCUT2D eigenvalue weighted by molar-refractivity contribution is 9.10. The van der Waals surface area contributed by atoms with Crippen LogP contribution in [0.15, 0.2) is 27.6 Å². The average molecular weight is 382 g/mol. The van der Waals surface area contributed by atoms with E-state index in [1.165, 1.54) is 18.2 Å². The van der Waals surface area contributed by atoms with E-state index in [1.54, 1.807) is 0 Å². The topological polar surface area (TPSA) is 43.4 Å². The van der Waals surface area contributed by atoms with E-state index in [0.717, 1.165) is 0 Å². The summed E-state index contributed by atoms with van der Waals surface area (Å²) in [6.07, 6.45) is -5.32. The Labute approximate surface area is 121 Å². The molecule has 0 saturated carbocycles. The molecular formula is C10H9BrClF3O3S. The van der Waals surface area contributed by atoms with Gasteiger partial charge in [-0.2, -0.15) is 13.2 Å². The van der Waals surface area contributed by atoms with Crippen LogP contribution in [0, 0.1) is 0 Å². The molecule has 0 aromatic heterocycles. The summed E-state index contributed by atoms with van der Waals surface area (Å²) in [5.74, 6) is 0.256. The number of hydrogen-bond donors (Lipinski definition) is 0. The van der Waals surface area contributed by atoms with Crippen molar-refractivity contribution in [1.82, 2.24) is 0 Å². The lowest BCUT2D eigenvalue weighted by Crippen LogP contribution is -2.09. The average Bonchev–Trinajstić information content (AvgIpc) is 2.23. The first-order chi connectivity index (χ1) is 8.59. The van der Waals surface area contributed by atoms with Gasteiger partial charge in [0.25, 0.3) is 9.05 Å². The van der Waals surface area contributed by atoms with Crippen molar-refractivity contribution >= 4 is 35.7 Å². The molecule has 0 unspecified atom stereocenters. The number of halogens is 5. The highest BCUT2D eigenvalue weighted by atomic mass is 79.9. The molecule has 0 spiro atoms. The van der Waals surface area contributed by atoms with Crippen molar-refractivity contribution in [3.63, 3.8) is 0 Å². The van der Waals surface area contributed by atoms with Crippen molar-refractivity contribution in [1.29, 1.82) is 0 Å². The maximum absolute atomic E-state index is 11.9. The van der Waals surface area contributed by atoms with E-state index in [2.05, 4.69) is 15.9 Å². The van der Waals surface area contributed by atoms with E-state index in [1.807, 2.05) is 0 Å². The Hall–Kier alpha value is -0.470. The Morgan fingerprint density at radius 3 is 2.42 bits per heavy atom. The molecule has 0 aliphatic carbocycles. The van der Waals surface area contributed by atoms with Gasteiger partial charge in [-0.05, 0) is 40.5 Å². The van der Waals surface area contributed by atoms with Gasteiger partial charge >= 0.3 is 6.18 Å². The summed E-state index contributed by atoms with van der Waals surface area (Å²) in [6, 6.07) is 3.76. The molecule has 0 saturated heterocycles. The van der Waals surface area contributed by atoms with Crippen molar-refractivity contribution in [2.45, 2.75) is 23.9 Å². The summed E-state index contributed by atoms with van der Waals surface area (Å²) < 4.78 is 63.2. The highest BCUT2D eigenvalue weighted by Crippen LogP contribution is 2.29. The molecular weight excluding hydrogens is 373 g/mol. The standard InChI is InChI=1S/C10H9BrClF3O3S/c11-8-6-7(19(12,16)17)2-3-9(8)18-5-1-4-10(13,14)15/h2-3,6H,1,4-5H2. The predicted octanol–water partition coefficient (Wildman–Crippen LogP) is 4.10. The van der Waals surface area contributed by atoms with Crippen molar-refractivity contribution in [2.24, 2.45) is 0 Å². The van der Waals surface area contributed by atoms with E-state index in [0.29, 0.717) is 4.47 Å². The van der Waals surface area contributed by atoms with E-state index in [-0.39, 0.29) is 23.7 Å². The number of benzene rings is 1. The van der Waals surface area contributed by atoms with Gasteiger partial charge in [-0.1, -0.05) is 0 Å². The van der Waals surface area contributed by atoms with Crippen LogP contribution in [0.4, 0.5) is 13.2 Å². The molecule has 9 heteroatoms. The minimum Gasteiger partial charge on any atom is -0.492 e. The van der Waals surface area contributed by atoms with E-state index in [4.69, 9.17) is 15.4 Å². The Morgan fingerprint density at radius 2 is 1.95 bits per heavy atom. The summed E-state index contributed by atoms with van der Waals surface area (Å²) in [5, 5.41) is 0. The first-order valence-electron chi connectivity index (χ1n) is 5.03. The van der Waals surface area contributed by atoms with Crippen LogP contribution in [0.5, 0.6) is 5.75 Å². The monoisotopic (exact) mass is 380 g/mol. The van der Waals surface area contributed by atoms with E-state index >= 15 is 0 Å². The molecule has 0 aliphatic heterocycles. The van der Waals surface area contributed by atoms with Gasteiger partial charge in [-0.3, -0.25) is 0 Å². The van der Waals surface area contributed by atoms with Gasteiger partial charge in [0.15, 0.2) is 0 Å². The van der Waals surface area contributed by atoms with Gasteiger partial charge in [-0.15, -0.1) is 0 Å². The summed E-state index contributed by atoms with van der Waals surface area (Å²) in [6.45, 7) is -0.120. The lowest BCUT2D eigenvalue weighted by molar-refractivity contribution is -0.136. The lowest BCUT2D eigenvalue weighted by atomic mass is 10.3. The van der Waals surface area contributed by atoms with Crippen LogP contribution in [0.1, 0.15) is 12.8 Å². The van der Waals surface area contributed by atoms with Crippen LogP contribution in [-0.2, 0) is 9.05 Å². The van der Waals surface area contributed by atoms with E-state index in [9.17, 15) is 21.6 Å². The van der Waals surface area contributed by atoms with Crippen molar-refractivity contribution in [3.05, 3.63) is 22.7 Å². The van der Waals surface area contributed by atoms with Gasteiger partial charge in [0.1, 0.15) is 5.75 Å². The summed E-state index contributed by atoms with van der Waals surface area (Å²) in [5.41, 5.74) is 0. The highest BCUT2D eigenvalue weighted by Gasteiger charge is 2.26. The molecule has 3 nitrogen and oxygen atoms in total. The van der Waals surface area contributed by atoms with Gasteiger partial charge in [-0.25, -0.2) is 8.42 Å². The normalized spacial score (nSPS) is 12.5. The fourth-order valence-corrected chi connectivity index (χ4v) is 2.63. The fraction of sp³-hybridized carbons (Fsp3) is 0.400. The zero-order valence-corrected chi connectivity index (χ0v) is 12.5. The maximum Gasteiger partial charge on any atom is 0.389 e. The predicted molar refractivity (Wildman–Crippen MR) is 68.0 cm³/mol. The first-order valence-corrected chi connectivity index (χ1v) is 8.13. The molecule has 0 radical (unpaired) electrons. The molecule has 1 rings (SSSR count). The quantitative estimate of drug-likeness (QED) is 0.570. The number of ether oxygens (including phenoxy) is 1. The van der Waals surface area contributed by atoms with E-state index < -0.39 is 21.6 Å². The Balaban J connectivity index is 2.61. The summed E-state index contributed by atoms with van der Waals surface area (Å²) in [7, 11) is 1.30. The molecule has 0 fully saturated rings. The van der Waals surface area contributed by atoms with Crippen molar-refractivity contribution in [2.75, 3.05) is 6.61 Å². The number of hydrogen-bond acceptors (Lipinski definition) is 3. The number of rotatable bonds is 5. The van der Waals surface area contributed by atoms with Gasteiger partial charge < -0.3 is 4.74 Å². The largest absolute Gasteiger partial charge is 0.492 e. The molecule has 0 heterocycles. The van der Waals surface area contributed by atoms with Crippen LogP contribution in [-0.4, -0.2) is 21.2 Å². The van der Waals surface area contributed by atoms with Crippen molar-refractivity contribution in [3.8, 4) is 5.75 Å². The first kappa shape index (κ1) is 16.6. The third-order valence-corrected chi connectivity index (χ3v) is 4.02. The lowest BCUT2D eigenvalue weighted by Gasteiger charge is -2.10. The van der Waals surface area contributed by atoms with Gasteiger partial charge in [0, 0.05) is 17.1 Å². The fourth-order valence-electron chi connectivity index (χ4n) is 1.21. The van der Waals surface area contributed by atoms with Gasteiger partial charge in [0.05, 0.1) is 16.0 Å². The zero-order valence-electron chi connectivity index (χ0n) is 9.38. The maximum atomic E-state index is 11.9. The molecule has 0 N–H and O–H groups in total. The van der Waals surface area contributed by atoms with Crippen molar-refractivity contribution < 1.29 is 26.3 Å². The van der Waals surface area contributed by atoms with Crippen LogP contribution < -0.4 is 4.74 Å². The molecule has 19 heavy (non-hydrogen) atoms. The number of alkyl halides is 3. The second-order valence-electron chi connectivity index (χ2n) is 3.60. The minimum atomic E-state index is -4.21. The van der Waals surface area contributed by atoms with Gasteiger partial charge in [0.2, 0.25) is 0 Å². The molecule has 0 amide bonds. The molecule has 0 atom stereocenters. The molecule has 1 aromatic rings. The van der Waals surface area contributed by atoms with Crippen LogP contribution in [0.25, 0.3) is 0 Å². The SMILES string of the molecule is O=S(=O)(Cl)c1ccc(OCCCC(F)(F)F)c(Br)c1. The third kappa shape index (κ3) is 6.01. The Morgan fingerprint density at radius 1 is 1.32 bits per heavy atom. The second-order valence-corrected chi connectivity index (χ2v) is 7.02. The molecule has 1 aromatic carbocycles. The third-order valence-electron chi connectivity index (χ3n) is 2.05. The smallest absolute Gasteiger partial charge is 0.389 e. The summed E-state index contributed by atoms with van der Waals surface area (Å²) in [4.78, 5) is -0.122. The van der Waals surface area contributed by atoms with Crippen LogP contribution >= 0.6 is 26.6 Å².